The van der Waals surface area contributed by atoms with Crippen LogP contribution in [0.15, 0.2) is 30.3 Å². The van der Waals surface area contributed by atoms with Crippen molar-refractivity contribution in [3.05, 3.63) is 35.9 Å². The summed E-state index contributed by atoms with van der Waals surface area (Å²) in [4.78, 5) is 12.2. The number of nitrogens with one attached hydrogen (secondary N) is 1. The maximum atomic E-state index is 12.2. The van der Waals surface area contributed by atoms with Gasteiger partial charge in [-0.2, -0.15) is 12.6 Å². The molecule has 0 spiro atoms. The van der Waals surface area contributed by atoms with E-state index in [2.05, 4.69) is 45.6 Å². The Balaban J connectivity index is 1.91. The highest BCUT2D eigenvalue weighted by Gasteiger charge is 2.65. The third kappa shape index (κ3) is 2.66. The van der Waals surface area contributed by atoms with Gasteiger partial charge in [-0.1, -0.05) is 58.0 Å². The van der Waals surface area contributed by atoms with Crippen LogP contribution in [0.1, 0.15) is 33.3 Å². The second-order valence-corrected chi connectivity index (χ2v) is 7.21. The predicted molar refractivity (Wildman–Crippen MR) is 82.4 cm³/mol. The van der Waals surface area contributed by atoms with Crippen LogP contribution < -0.4 is 5.32 Å². The molecular formula is C16H23NOS. The van der Waals surface area contributed by atoms with Crippen molar-refractivity contribution in [2.24, 2.45) is 10.8 Å². The van der Waals surface area contributed by atoms with Crippen LogP contribution in [0.25, 0.3) is 0 Å². The van der Waals surface area contributed by atoms with Crippen molar-refractivity contribution < 1.29 is 4.79 Å². The summed E-state index contributed by atoms with van der Waals surface area (Å²) in [6.45, 7) is 8.79. The van der Waals surface area contributed by atoms with Crippen LogP contribution >= 0.6 is 12.6 Å². The van der Waals surface area contributed by atoms with Crippen LogP contribution in [0.4, 0.5) is 0 Å². The SMILES string of the molecule is CC1(C)C(NC(=O)C(S)Cc2ccccc2)C1(C)C. The van der Waals surface area contributed by atoms with E-state index >= 15 is 0 Å². The Kier molecular flexibility index (Phi) is 3.69. The summed E-state index contributed by atoms with van der Waals surface area (Å²) in [5.74, 6) is 0.0378. The normalized spacial score (nSPS) is 21.7. The van der Waals surface area contributed by atoms with Crippen LogP contribution in [0, 0.1) is 10.8 Å². The molecule has 0 aromatic heterocycles. The first-order valence-corrected chi connectivity index (χ1v) is 7.31. The lowest BCUT2D eigenvalue weighted by molar-refractivity contribution is -0.120. The topological polar surface area (TPSA) is 29.1 Å². The summed E-state index contributed by atoms with van der Waals surface area (Å²) in [6, 6.07) is 10.3. The molecule has 0 saturated heterocycles. The van der Waals surface area contributed by atoms with Gasteiger partial charge in [-0.25, -0.2) is 0 Å². The van der Waals surface area contributed by atoms with Crippen LogP contribution in [0.5, 0.6) is 0 Å². The Morgan fingerprint density at radius 2 is 1.74 bits per heavy atom. The first-order valence-electron chi connectivity index (χ1n) is 6.79. The molecule has 2 rings (SSSR count). The maximum Gasteiger partial charge on any atom is 0.233 e. The number of carbonyl (C=O) groups excluding carboxylic acids is 1. The van der Waals surface area contributed by atoms with Crippen LogP contribution in [0.2, 0.25) is 0 Å². The zero-order chi connectivity index (χ0) is 14.3. The number of amides is 1. The monoisotopic (exact) mass is 277 g/mol. The molecule has 1 fully saturated rings. The van der Waals surface area contributed by atoms with Crippen molar-refractivity contribution in [2.75, 3.05) is 0 Å². The highest BCUT2D eigenvalue weighted by Crippen LogP contribution is 2.62. The fourth-order valence-electron chi connectivity index (χ4n) is 2.73. The molecule has 1 aromatic carbocycles. The van der Waals surface area contributed by atoms with Crippen LogP contribution in [-0.2, 0) is 11.2 Å². The van der Waals surface area contributed by atoms with Gasteiger partial charge in [0.05, 0.1) is 5.25 Å². The summed E-state index contributed by atoms with van der Waals surface area (Å²) in [6.07, 6.45) is 0.670. The third-order valence-corrected chi connectivity index (χ3v) is 5.30. The third-order valence-electron chi connectivity index (χ3n) is 4.88. The molecule has 104 valence electrons. The molecule has 0 heterocycles. The van der Waals surface area contributed by atoms with Gasteiger partial charge >= 0.3 is 0 Å². The lowest BCUT2D eigenvalue weighted by Gasteiger charge is -2.13. The average molecular weight is 277 g/mol. The lowest BCUT2D eigenvalue weighted by Crippen LogP contribution is -2.36. The molecule has 3 heteroatoms. The summed E-state index contributed by atoms with van der Waals surface area (Å²) in [7, 11) is 0. The smallest absolute Gasteiger partial charge is 0.233 e. The number of hydrogen-bond acceptors (Lipinski definition) is 2. The van der Waals surface area contributed by atoms with Gasteiger partial charge in [-0.3, -0.25) is 4.79 Å². The fourth-order valence-corrected chi connectivity index (χ4v) is 3.01. The minimum absolute atomic E-state index is 0.0378. The van der Waals surface area contributed by atoms with Gasteiger partial charge in [0, 0.05) is 6.04 Å². The van der Waals surface area contributed by atoms with E-state index in [0.29, 0.717) is 6.42 Å². The van der Waals surface area contributed by atoms with Crippen molar-refractivity contribution in [3.63, 3.8) is 0 Å². The van der Waals surface area contributed by atoms with Crippen LogP contribution in [0.3, 0.4) is 0 Å². The Labute approximate surface area is 121 Å². The highest BCUT2D eigenvalue weighted by molar-refractivity contribution is 7.81. The van der Waals surface area contributed by atoms with Gasteiger partial charge in [-0.15, -0.1) is 0 Å². The maximum absolute atomic E-state index is 12.2. The molecule has 0 aliphatic heterocycles. The van der Waals surface area contributed by atoms with E-state index in [-0.39, 0.29) is 28.0 Å². The number of thiol groups is 1. The first kappa shape index (κ1) is 14.4. The number of carbonyl (C=O) groups is 1. The van der Waals surface area contributed by atoms with E-state index < -0.39 is 0 Å². The first-order chi connectivity index (χ1) is 8.76. The minimum atomic E-state index is -0.283. The number of benzene rings is 1. The van der Waals surface area contributed by atoms with Crippen molar-refractivity contribution in [1.82, 2.24) is 5.32 Å². The lowest BCUT2D eigenvalue weighted by atomic mass is 10.0. The molecule has 2 nitrogen and oxygen atoms in total. The summed E-state index contributed by atoms with van der Waals surface area (Å²) < 4.78 is 0. The largest absolute Gasteiger partial charge is 0.351 e. The van der Waals surface area contributed by atoms with Gasteiger partial charge in [0.1, 0.15) is 0 Å². The van der Waals surface area contributed by atoms with Crippen molar-refractivity contribution in [3.8, 4) is 0 Å². The molecular weight excluding hydrogens is 254 g/mol. The van der Waals surface area contributed by atoms with E-state index in [4.69, 9.17) is 0 Å². The fraction of sp³-hybridized carbons (Fsp3) is 0.562. The molecule has 0 radical (unpaired) electrons. The summed E-state index contributed by atoms with van der Waals surface area (Å²) >= 11 is 4.44. The molecule has 1 N–H and O–H groups in total. The van der Waals surface area contributed by atoms with E-state index in [9.17, 15) is 4.79 Å². The molecule has 0 bridgehead atoms. The predicted octanol–water partition coefficient (Wildman–Crippen LogP) is 3.08. The highest BCUT2D eigenvalue weighted by atomic mass is 32.1. The number of hydrogen-bond donors (Lipinski definition) is 2. The van der Waals surface area contributed by atoms with Gasteiger partial charge < -0.3 is 5.32 Å². The zero-order valence-corrected chi connectivity index (χ0v) is 13.0. The Morgan fingerprint density at radius 1 is 1.21 bits per heavy atom. The standard InChI is InChI=1S/C16H23NOS/c1-15(2)14(16(15,3)4)17-13(18)12(19)10-11-8-6-5-7-9-11/h5-9,12,14,19H,10H2,1-4H3,(H,17,18). The van der Waals surface area contributed by atoms with E-state index in [0.717, 1.165) is 5.56 Å². The number of rotatable bonds is 4. The molecule has 1 unspecified atom stereocenters. The second-order valence-electron chi connectivity index (χ2n) is 6.59. The molecule has 1 amide bonds. The Morgan fingerprint density at radius 3 is 2.21 bits per heavy atom. The molecule has 19 heavy (non-hydrogen) atoms. The Bertz CT molecular complexity index is 453. The van der Waals surface area contributed by atoms with Crippen LogP contribution in [-0.4, -0.2) is 17.2 Å². The molecule has 1 aromatic rings. The van der Waals surface area contributed by atoms with Crippen molar-refractivity contribution in [2.45, 2.75) is 45.4 Å². The van der Waals surface area contributed by atoms with Crippen molar-refractivity contribution in [1.29, 1.82) is 0 Å². The Hall–Kier alpha value is -0.960. The van der Waals surface area contributed by atoms with Crippen molar-refractivity contribution >= 4 is 18.5 Å². The molecule has 1 aliphatic rings. The van der Waals surface area contributed by atoms with Gasteiger partial charge in [0.2, 0.25) is 5.91 Å². The minimum Gasteiger partial charge on any atom is -0.351 e. The van der Waals surface area contributed by atoms with Gasteiger partial charge in [0.25, 0.3) is 0 Å². The second kappa shape index (κ2) is 4.86. The zero-order valence-electron chi connectivity index (χ0n) is 12.1. The average Bonchev–Trinajstić information content (AvgIpc) is 2.73. The van der Waals surface area contributed by atoms with Gasteiger partial charge in [0.15, 0.2) is 0 Å². The molecule has 1 aliphatic carbocycles. The van der Waals surface area contributed by atoms with E-state index in [1.54, 1.807) is 0 Å². The quantitative estimate of drug-likeness (QED) is 0.814. The molecule has 1 saturated carbocycles. The van der Waals surface area contributed by atoms with Gasteiger partial charge in [-0.05, 0) is 22.8 Å². The van der Waals surface area contributed by atoms with E-state index in [1.165, 1.54) is 0 Å². The van der Waals surface area contributed by atoms with E-state index in [1.807, 2.05) is 30.3 Å². The molecule has 1 atom stereocenters. The summed E-state index contributed by atoms with van der Waals surface area (Å²) in [5, 5.41) is 2.86. The summed E-state index contributed by atoms with van der Waals surface area (Å²) in [5.41, 5.74) is 1.48.